The lowest BCUT2D eigenvalue weighted by Crippen LogP contribution is -2.09. The molecule has 1 aromatic heterocycles. The Morgan fingerprint density at radius 1 is 1.56 bits per heavy atom. The minimum atomic E-state index is -0.756. The van der Waals surface area contributed by atoms with E-state index in [-0.39, 0.29) is 0 Å². The Hall–Kier alpha value is -1.41. The maximum Gasteiger partial charge on any atom is 0.144 e. The second-order valence-corrected chi connectivity index (χ2v) is 6.07. The fourth-order valence-corrected chi connectivity index (χ4v) is 2.73. The summed E-state index contributed by atoms with van der Waals surface area (Å²) in [5, 5.41) is 12.3. The quantitative estimate of drug-likeness (QED) is 0.820. The van der Waals surface area contributed by atoms with Gasteiger partial charge >= 0.3 is 0 Å². The van der Waals surface area contributed by atoms with Gasteiger partial charge in [-0.15, -0.1) is 0 Å². The molecular weight excluding hydrogens is 246 g/mol. The first kappa shape index (κ1) is 13.0. The molecule has 0 aromatic carbocycles. The van der Waals surface area contributed by atoms with E-state index in [1.165, 1.54) is 5.56 Å². The Balaban J connectivity index is 2.03. The molecule has 1 atom stereocenters. The van der Waals surface area contributed by atoms with Crippen molar-refractivity contribution in [2.75, 3.05) is 23.9 Å². The van der Waals surface area contributed by atoms with Gasteiger partial charge in [-0.25, -0.2) is 4.98 Å². The first-order valence-corrected chi connectivity index (χ1v) is 7.90. The number of aryl methyl sites for hydroxylation is 2. The number of nitrogens with one attached hydrogen (secondary N) is 1. The number of hydrogen-bond acceptors (Lipinski definition) is 4. The molecule has 1 aliphatic carbocycles. The second-order valence-electron chi connectivity index (χ2n) is 4.51. The Morgan fingerprint density at radius 3 is 3.11 bits per heavy atom. The molecule has 1 unspecified atom stereocenters. The average Bonchev–Trinajstić information content (AvgIpc) is 2.80. The van der Waals surface area contributed by atoms with E-state index in [0.717, 1.165) is 31.4 Å². The summed E-state index contributed by atoms with van der Waals surface area (Å²) in [6.07, 6.45) is 5.70. The van der Waals surface area contributed by atoms with Crippen molar-refractivity contribution in [3.05, 3.63) is 22.9 Å². The van der Waals surface area contributed by atoms with Gasteiger partial charge in [0.15, 0.2) is 0 Å². The lowest BCUT2D eigenvalue weighted by Gasteiger charge is -2.09. The van der Waals surface area contributed by atoms with Crippen LogP contribution in [0.3, 0.4) is 0 Å². The fourth-order valence-electron chi connectivity index (χ4n) is 2.17. The monoisotopic (exact) mass is 263 g/mol. The van der Waals surface area contributed by atoms with Crippen LogP contribution in [0.25, 0.3) is 0 Å². The third kappa shape index (κ3) is 3.08. The van der Waals surface area contributed by atoms with E-state index in [0.29, 0.717) is 23.7 Å². The Labute approximate surface area is 110 Å². The van der Waals surface area contributed by atoms with Crippen LogP contribution in [0.1, 0.15) is 29.7 Å². The maximum atomic E-state index is 10.9. The van der Waals surface area contributed by atoms with Crippen LogP contribution in [0, 0.1) is 11.3 Å². The van der Waals surface area contributed by atoms with E-state index in [4.69, 9.17) is 5.26 Å². The lowest BCUT2D eigenvalue weighted by molar-refractivity contribution is 0.685. The molecule has 0 saturated heterocycles. The highest BCUT2D eigenvalue weighted by atomic mass is 32.2. The summed E-state index contributed by atoms with van der Waals surface area (Å²) < 4.78 is 10.9. The molecule has 1 aliphatic rings. The maximum absolute atomic E-state index is 10.9. The molecule has 0 saturated carbocycles. The van der Waals surface area contributed by atoms with Crippen molar-refractivity contribution in [1.82, 2.24) is 4.98 Å². The molecule has 18 heavy (non-hydrogen) atoms. The molecule has 0 radical (unpaired) electrons. The van der Waals surface area contributed by atoms with Crippen molar-refractivity contribution < 1.29 is 4.21 Å². The molecule has 0 fully saturated rings. The van der Waals surface area contributed by atoms with Gasteiger partial charge in [0.2, 0.25) is 0 Å². The molecule has 1 heterocycles. The van der Waals surface area contributed by atoms with Gasteiger partial charge in [0.25, 0.3) is 0 Å². The van der Waals surface area contributed by atoms with Crippen LogP contribution >= 0.6 is 0 Å². The van der Waals surface area contributed by atoms with Gasteiger partial charge in [-0.3, -0.25) is 4.21 Å². The van der Waals surface area contributed by atoms with Crippen LogP contribution in [-0.4, -0.2) is 27.7 Å². The van der Waals surface area contributed by atoms with Crippen molar-refractivity contribution in [2.24, 2.45) is 0 Å². The van der Waals surface area contributed by atoms with Gasteiger partial charge in [-0.2, -0.15) is 5.26 Å². The summed E-state index contributed by atoms with van der Waals surface area (Å²) in [4.78, 5) is 4.53. The number of nitriles is 1. The lowest BCUT2D eigenvalue weighted by atomic mass is 10.1. The van der Waals surface area contributed by atoms with E-state index >= 15 is 0 Å². The largest absolute Gasteiger partial charge is 0.369 e. The summed E-state index contributed by atoms with van der Waals surface area (Å²) in [6.45, 7) is 0.708. The zero-order valence-electron chi connectivity index (χ0n) is 10.5. The van der Waals surface area contributed by atoms with Gasteiger partial charge in [0.1, 0.15) is 11.9 Å². The summed E-state index contributed by atoms with van der Waals surface area (Å²) in [6, 6.07) is 4.14. The van der Waals surface area contributed by atoms with Crippen LogP contribution in [0.5, 0.6) is 0 Å². The molecule has 2 rings (SSSR count). The van der Waals surface area contributed by atoms with Crippen molar-refractivity contribution in [1.29, 1.82) is 5.26 Å². The van der Waals surface area contributed by atoms with Crippen LogP contribution in [0.2, 0.25) is 0 Å². The molecule has 5 heteroatoms. The second kappa shape index (κ2) is 5.96. The zero-order valence-corrected chi connectivity index (χ0v) is 11.3. The Bertz CT molecular complexity index is 508. The minimum Gasteiger partial charge on any atom is -0.369 e. The average molecular weight is 263 g/mol. The molecule has 4 nitrogen and oxygen atoms in total. The number of fused-ring (bicyclic) bond motifs is 1. The molecule has 0 aliphatic heterocycles. The highest BCUT2D eigenvalue weighted by molar-refractivity contribution is 7.84. The van der Waals surface area contributed by atoms with Crippen LogP contribution in [0.4, 0.5) is 5.82 Å². The van der Waals surface area contributed by atoms with Crippen LogP contribution < -0.4 is 5.32 Å². The summed E-state index contributed by atoms with van der Waals surface area (Å²) >= 11 is 0. The van der Waals surface area contributed by atoms with Crippen molar-refractivity contribution in [3.8, 4) is 6.07 Å². The third-order valence-corrected chi connectivity index (χ3v) is 3.94. The van der Waals surface area contributed by atoms with Crippen molar-refractivity contribution in [3.63, 3.8) is 0 Å². The standard InChI is InChI=1S/C13H17N3OS/c1-18(17)7-3-6-15-13-11(9-14)8-10-4-2-5-12(10)16-13/h8H,2-7H2,1H3,(H,15,16). The SMILES string of the molecule is CS(=O)CCCNc1nc2c(cc1C#N)CCC2. The van der Waals surface area contributed by atoms with Crippen LogP contribution in [0.15, 0.2) is 6.07 Å². The minimum absolute atomic E-state index is 0.619. The smallest absolute Gasteiger partial charge is 0.144 e. The topological polar surface area (TPSA) is 65.8 Å². The van der Waals surface area contributed by atoms with Crippen molar-refractivity contribution >= 4 is 16.6 Å². The molecule has 96 valence electrons. The number of pyridine rings is 1. The fraction of sp³-hybridized carbons (Fsp3) is 0.538. The van der Waals surface area contributed by atoms with E-state index in [1.54, 1.807) is 6.26 Å². The highest BCUT2D eigenvalue weighted by Gasteiger charge is 2.16. The van der Waals surface area contributed by atoms with Gasteiger partial charge in [0, 0.05) is 35.0 Å². The number of aromatic nitrogens is 1. The number of nitrogens with zero attached hydrogens (tertiary/aromatic N) is 2. The Kier molecular flexibility index (Phi) is 4.32. The first-order valence-electron chi connectivity index (χ1n) is 6.17. The normalized spacial score (nSPS) is 14.9. The summed E-state index contributed by atoms with van der Waals surface area (Å²) in [5.74, 6) is 1.36. The number of anilines is 1. The summed E-state index contributed by atoms with van der Waals surface area (Å²) in [5.41, 5.74) is 2.95. The van der Waals surface area contributed by atoms with E-state index in [1.807, 2.05) is 6.07 Å². The van der Waals surface area contributed by atoms with E-state index in [9.17, 15) is 4.21 Å². The molecule has 0 spiro atoms. The van der Waals surface area contributed by atoms with Gasteiger partial charge in [0.05, 0.1) is 5.56 Å². The van der Waals surface area contributed by atoms with Crippen molar-refractivity contribution in [2.45, 2.75) is 25.7 Å². The predicted octanol–water partition coefficient (Wildman–Crippen LogP) is 1.62. The first-order chi connectivity index (χ1) is 8.70. The van der Waals surface area contributed by atoms with E-state index in [2.05, 4.69) is 16.4 Å². The van der Waals surface area contributed by atoms with Gasteiger partial charge < -0.3 is 5.32 Å². The number of hydrogen-bond donors (Lipinski definition) is 1. The highest BCUT2D eigenvalue weighted by Crippen LogP contribution is 2.24. The predicted molar refractivity (Wildman–Crippen MR) is 73.0 cm³/mol. The number of rotatable bonds is 5. The van der Waals surface area contributed by atoms with Gasteiger partial charge in [-0.05, 0) is 37.3 Å². The molecule has 1 N–H and O–H groups in total. The zero-order chi connectivity index (χ0) is 13.0. The molecule has 0 bridgehead atoms. The molecular formula is C13H17N3OS. The van der Waals surface area contributed by atoms with Gasteiger partial charge in [-0.1, -0.05) is 0 Å². The van der Waals surface area contributed by atoms with E-state index < -0.39 is 10.8 Å². The third-order valence-electron chi connectivity index (χ3n) is 3.07. The van der Waals surface area contributed by atoms with Crippen LogP contribution in [-0.2, 0) is 23.6 Å². The Morgan fingerprint density at radius 2 is 2.39 bits per heavy atom. The molecule has 1 aromatic rings. The summed E-state index contributed by atoms with van der Waals surface area (Å²) in [7, 11) is -0.756. The molecule has 0 amide bonds.